The molecule has 1 heterocycles. The van der Waals surface area contributed by atoms with E-state index in [1.807, 2.05) is 30.3 Å². The number of carbonyl (C=O) groups excluding carboxylic acids is 1. The topological polar surface area (TPSA) is 56.2 Å². The molecule has 0 radical (unpaired) electrons. The summed E-state index contributed by atoms with van der Waals surface area (Å²) in [4.78, 5) is 13.8. The third-order valence-electron chi connectivity index (χ3n) is 4.13. The van der Waals surface area contributed by atoms with Crippen LogP contribution in [0.15, 0.2) is 42.5 Å². The minimum Gasteiger partial charge on any atom is -0.338 e. The highest BCUT2D eigenvalue weighted by atomic mass is 35.5. The number of rotatable bonds is 2. The molecule has 1 atom stereocenters. The highest BCUT2D eigenvalue weighted by Crippen LogP contribution is 2.33. The molecular formula is C17H15Cl2N3O. The van der Waals surface area contributed by atoms with Crippen LogP contribution in [-0.2, 0) is 10.3 Å². The fraction of sp³-hybridized carbons (Fsp3) is 0.176. The fourth-order valence-corrected chi connectivity index (χ4v) is 2.99. The highest BCUT2D eigenvalue weighted by molar-refractivity contribution is 6.42. The molecule has 1 saturated heterocycles. The van der Waals surface area contributed by atoms with Crippen molar-refractivity contribution in [2.24, 2.45) is 0 Å². The Morgan fingerprint density at radius 2 is 1.78 bits per heavy atom. The number of hydrogen-bond acceptors (Lipinski definition) is 2. The zero-order chi connectivity index (χ0) is 16.8. The monoisotopic (exact) mass is 347 g/mol. The van der Waals surface area contributed by atoms with Crippen LogP contribution in [0, 0.1) is 5.41 Å². The van der Waals surface area contributed by atoms with Gasteiger partial charge in [0.25, 0.3) is 5.91 Å². The van der Waals surface area contributed by atoms with E-state index in [4.69, 9.17) is 28.6 Å². The molecular weight excluding hydrogens is 333 g/mol. The lowest BCUT2D eigenvalue weighted by Gasteiger charge is -2.22. The molecule has 4 nitrogen and oxygen atoms in total. The maximum atomic E-state index is 12.5. The van der Waals surface area contributed by atoms with Gasteiger partial charge in [-0.25, -0.2) is 0 Å². The number of halogens is 2. The summed E-state index contributed by atoms with van der Waals surface area (Å²) in [7, 11) is 1.59. The SMILES string of the molecule is CN1C(=N)NC(C)(c2cccc(-c3ccc(Cl)c(Cl)c3)c2)C1=O. The van der Waals surface area contributed by atoms with Crippen LogP contribution in [0.1, 0.15) is 12.5 Å². The summed E-state index contributed by atoms with van der Waals surface area (Å²) in [6, 6.07) is 13.1. The summed E-state index contributed by atoms with van der Waals surface area (Å²) in [6.07, 6.45) is 0. The van der Waals surface area contributed by atoms with Gasteiger partial charge in [-0.3, -0.25) is 15.1 Å². The Balaban J connectivity index is 2.05. The van der Waals surface area contributed by atoms with Crippen LogP contribution >= 0.6 is 23.2 Å². The van der Waals surface area contributed by atoms with Crippen LogP contribution in [0.2, 0.25) is 10.0 Å². The van der Waals surface area contributed by atoms with Crippen molar-refractivity contribution in [3.05, 3.63) is 58.1 Å². The molecule has 23 heavy (non-hydrogen) atoms. The van der Waals surface area contributed by atoms with Gasteiger partial charge in [-0.2, -0.15) is 0 Å². The van der Waals surface area contributed by atoms with E-state index in [1.165, 1.54) is 4.90 Å². The molecule has 1 aliphatic rings. The lowest BCUT2D eigenvalue weighted by molar-refractivity contribution is -0.129. The lowest BCUT2D eigenvalue weighted by atomic mass is 9.89. The predicted octanol–water partition coefficient (Wildman–Crippen LogP) is 3.87. The van der Waals surface area contributed by atoms with E-state index in [0.717, 1.165) is 16.7 Å². The molecule has 0 bridgehead atoms. The fourth-order valence-electron chi connectivity index (χ4n) is 2.69. The van der Waals surface area contributed by atoms with Crippen LogP contribution in [0.25, 0.3) is 11.1 Å². The summed E-state index contributed by atoms with van der Waals surface area (Å²) in [5, 5.41) is 11.8. The molecule has 1 amide bonds. The minimum absolute atomic E-state index is 0.0949. The number of nitrogens with zero attached hydrogens (tertiary/aromatic N) is 1. The van der Waals surface area contributed by atoms with Crippen molar-refractivity contribution in [3.8, 4) is 11.1 Å². The van der Waals surface area contributed by atoms with Crippen molar-refractivity contribution in [2.75, 3.05) is 7.05 Å². The Morgan fingerprint density at radius 1 is 1.09 bits per heavy atom. The van der Waals surface area contributed by atoms with Crippen molar-refractivity contribution in [3.63, 3.8) is 0 Å². The van der Waals surface area contributed by atoms with E-state index in [9.17, 15) is 4.79 Å². The Hall–Kier alpha value is -2.04. The van der Waals surface area contributed by atoms with E-state index in [1.54, 1.807) is 26.1 Å². The summed E-state index contributed by atoms with van der Waals surface area (Å²) < 4.78 is 0. The Morgan fingerprint density at radius 3 is 2.39 bits per heavy atom. The largest absolute Gasteiger partial charge is 0.338 e. The standard InChI is InChI=1S/C17H15Cl2N3O/c1-17(15(23)22(2)16(20)21-17)12-5-3-4-10(8-12)11-6-7-13(18)14(19)9-11/h3-9H,1-2H3,(H2,20,21). The zero-order valence-corrected chi connectivity index (χ0v) is 14.2. The maximum absolute atomic E-state index is 12.5. The molecule has 6 heteroatoms. The number of guanidine groups is 1. The lowest BCUT2D eigenvalue weighted by Crippen LogP contribution is -2.40. The predicted molar refractivity (Wildman–Crippen MR) is 92.9 cm³/mol. The molecule has 2 aromatic rings. The third-order valence-corrected chi connectivity index (χ3v) is 4.87. The van der Waals surface area contributed by atoms with Crippen molar-refractivity contribution in [1.82, 2.24) is 10.2 Å². The molecule has 0 spiro atoms. The van der Waals surface area contributed by atoms with Gasteiger partial charge in [0.05, 0.1) is 10.0 Å². The van der Waals surface area contributed by atoms with Gasteiger partial charge in [-0.1, -0.05) is 47.5 Å². The number of benzene rings is 2. The zero-order valence-electron chi connectivity index (χ0n) is 12.7. The van der Waals surface area contributed by atoms with Gasteiger partial charge in [-0.05, 0) is 41.8 Å². The molecule has 2 aromatic carbocycles. The van der Waals surface area contributed by atoms with Crippen molar-refractivity contribution >= 4 is 35.1 Å². The van der Waals surface area contributed by atoms with Gasteiger partial charge < -0.3 is 5.32 Å². The van der Waals surface area contributed by atoms with E-state index in [2.05, 4.69) is 5.32 Å². The molecule has 0 aromatic heterocycles. The van der Waals surface area contributed by atoms with Crippen molar-refractivity contribution in [2.45, 2.75) is 12.5 Å². The van der Waals surface area contributed by atoms with E-state index >= 15 is 0 Å². The maximum Gasteiger partial charge on any atom is 0.259 e. The average molecular weight is 348 g/mol. The van der Waals surface area contributed by atoms with Gasteiger partial charge in [0.15, 0.2) is 5.96 Å². The van der Waals surface area contributed by atoms with Crippen LogP contribution in [-0.4, -0.2) is 23.8 Å². The molecule has 1 unspecified atom stereocenters. The number of hydrogen-bond donors (Lipinski definition) is 2. The molecule has 2 N–H and O–H groups in total. The minimum atomic E-state index is -0.946. The molecule has 1 fully saturated rings. The molecule has 1 aliphatic heterocycles. The second-order valence-electron chi connectivity index (χ2n) is 5.67. The summed E-state index contributed by atoms with van der Waals surface area (Å²) in [5.74, 6) is -0.0637. The van der Waals surface area contributed by atoms with Crippen LogP contribution in [0.4, 0.5) is 0 Å². The number of nitrogens with one attached hydrogen (secondary N) is 2. The van der Waals surface area contributed by atoms with Crippen LogP contribution in [0.3, 0.4) is 0 Å². The molecule has 0 saturated carbocycles. The van der Waals surface area contributed by atoms with Crippen molar-refractivity contribution < 1.29 is 4.79 Å². The van der Waals surface area contributed by atoms with Gasteiger partial charge >= 0.3 is 0 Å². The smallest absolute Gasteiger partial charge is 0.259 e. The first-order chi connectivity index (χ1) is 10.8. The Kier molecular flexibility index (Phi) is 3.82. The first-order valence-corrected chi connectivity index (χ1v) is 7.79. The summed E-state index contributed by atoms with van der Waals surface area (Å²) in [5.41, 5.74) is 1.69. The highest BCUT2D eigenvalue weighted by Gasteiger charge is 2.45. The first kappa shape index (κ1) is 15.8. The summed E-state index contributed by atoms with van der Waals surface area (Å²) in [6.45, 7) is 1.78. The quantitative estimate of drug-likeness (QED) is 0.866. The van der Waals surface area contributed by atoms with Gasteiger partial charge in [0, 0.05) is 7.05 Å². The Labute approximate surface area is 144 Å². The van der Waals surface area contributed by atoms with Crippen LogP contribution < -0.4 is 5.32 Å². The van der Waals surface area contributed by atoms with E-state index in [-0.39, 0.29) is 11.9 Å². The van der Waals surface area contributed by atoms with Gasteiger partial charge in [0.2, 0.25) is 0 Å². The Bertz CT molecular complexity index is 821. The van der Waals surface area contributed by atoms with E-state index < -0.39 is 5.54 Å². The normalized spacial score (nSPS) is 20.8. The molecule has 0 aliphatic carbocycles. The van der Waals surface area contributed by atoms with Crippen LogP contribution in [0.5, 0.6) is 0 Å². The van der Waals surface area contributed by atoms with Crippen molar-refractivity contribution in [1.29, 1.82) is 5.41 Å². The average Bonchev–Trinajstić information content (AvgIpc) is 2.74. The second-order valence-corrected chi connectivity index (χ2v) is 6.49. The van der Waals surface area contributed by atoms with Gasteiger partial charge in [-0.15, -0.1) is 0 Å². The summed E-state index contributed by atoms with van der Waals surface area (Å²) >= 11 is 12.0. The number of amides is 1. The first-order valence-electron chi connectivity index (χ1n) is 7.04. The number of carbonyl (C=O) groups is 1. The van der Waals surface area contributed by atoms with Gasteiger partial charge in [0.1, 0.15) is 5.54 Å². The molecule has 3 rings (SSSR count). The van der Waals surface area contributed by atoms with E-state index in [0.29, 0.717) is 10.0 Å². The molecule has 118 valence electrons. The third kappa shape index (κ3) is 2.58. The second kappa shape index (κ2) is 5.55. The number of likely N-dealkylation sites (N-methyl/N-ethyl adjacent to an activating group) is 1.